The number of hydrogen-bond donors (Lipinski definition) is 3. The average Bonchev–Trinajstić information content (AvgIpc) is 2.90. The molecule has 2 aromatic heterocycles. The van der Waals surface area contributed by atoms with Crippen LogP contribution in [0.15, 0.2) is 6.33 Å². The van der Waals surface area contributed by atoms with Crippen molar-refractivity contribution in [2.24, 2.45) is 0 Å². The Morgan fingerprint density at radius 2 is 2.15 bits per heavy atom. The maximum absolute atomic E-state index is 10.1. The summed E-state index contributed by atoms with van der Waals surface area (Å²) in [4.78, 5) is 8.02. The Morgan fingerprint density at radius 3 is 2.80 bits per heavy atom. The minimum absolute atomic E-state index is 0.0716. The molecule has 3 rings (SSSR count). The number of rotatable bonds is 2. The van der Waals surface area contributed by atoms with Crippen LogP contribution in [-0.2, 0) is 4.74 Å². The van der Waals surface area contributed by atoms with Crippen LogP contribution in [0, 0.1) is 3.70 Å². The maximum atomic E-state index is 10.1. The van der Waals surface area contributed by atoms with Crippen molar-refractivity contribution in [2.75, 3.05) is 11.6 Å². The second kappa shape index (κ2) is 5.22. The molecule has 4 atom stereocenters. The monoisotopic (exact) mass is 411 g/mol. The number of aliphatic hydroxyl groups is 2. The number of halogens is 2. The Bertz CT molecular complexity index is 653. The Kier molecular flexibility index (Phi) is 3.71. The molecule has 4 N–H and O–H groups in total. The highest BCUT2D eigenvalue weighted by Crippen LogP contribution is 2.33. The Labute approximate surface area is 132 Å². The summed E-state index contributed by atoms with van der Waals surface area (Å²) in [5, 5.41) is 24.8. The molecule has 10 heteroatoms. The fourth-order valence-electron chi connectivity index (χ4n) is 2.19. The van der Waals surface area contributed by atoms with Gasteiger partial charge in [-0.2, -0.15) is 5.10 Å². The Balaban J connectivity index is 2.10. The summed E-state index contributed by atoms with van der Waals surface area (Å²) < 4.78 is 7.54. The second-order valence-corrected chi connectivity index (χ2v) is 5.72. The first-order valence-corrected chi connectivity index (χ1v) is 7.37. The molecule has 0 spiro atoms. The van der Waals surface area contributed by atoms with Crippen LogP contribution in [0.4, 0.5) is 5.82 Å². The highest BCUT2D eigenvalue weighted by Gasteiger charge is 2.44. The smallest absolute Gasteiger partial charge is 0.181 e. The number of hydrogen-bond acceptors (Lipinski definition) is 7. The molecule has 0 aliphatic carbocycles. The quantitative estimate of drug-likeness (QED) is 0.465. The maximum Gasteiger partial charge on any atom is 0.181 e. The van der Waals surface area contributed by atoms with Gasteiger partial charge in [0, 0.05) is 0 Å². The molecular formula is C10H11ClIN5O3. The molecule has 1 aliphatic rings. The van der Waals surface area contributed by atoms with Crippen molar-refractivity contribution in [1.29, 1.82) is 0 Å². The molecule has 1 aliphatic heterocycles. The van der Waals surface area contributed by atoms with Crippen molar-refractivity contribution in [3.63, 3.8) is 0 Å². The van der Waals surface area contributed by atoms with E-state index in [2.05, 4.69) is 15.1 Å². The average molecular weight is 412 g/mol. The fraction of sp³-hybridized carbons (Fsp3) is 0.500. The number of anilines is 1. The van der Waals surface area contributed by atoms with Gasteiger partial charge in [-0.15, -0.1) is 11.6 Å². The van der Waals surface area contributed by atoms with E-state index in [9.17, 15) is 10.2 Å². The highest BCUT2D eigenvalue weighted by molar-refractivity contribution is 14.1. The standard InChI is InChI=1S/C10H11ClIN5O3/c11-1-3-5(18)6(19)10(20-3)17-9-4(7(12)16-17)8(13)14-2-15-9/h2-3,5-6,10,18-19H,1H2,(H2,13,14,15)/t3-,5-,6-,10-/m1/s1. The van der Waals surface area contributed by atoms with Crippen molar-refractivity contribution in [2.45, 2.75) is 24.5 Å². The van der Waals surface area contributed by atoms with Crippen LogP contribution < -0.4 is 5.73 Å². The Hall–Kier alpha value is -0.750. The molecule has 1 fully saturated rings. The second-order valence-electron chi connectivity index (χ2n) is 4.39. The van der Waals surface area contributed by atoms with Gasteiger partial charge in [0.05, 0.1) is 11.3 Å². The summed E-state index contributed by atoms with van der Waals surface area (Å²) in [5.74, 6) is 0.370. The fourth-order valence-corrected chi connectivity index (χ4v) is 3.19. The summed E-state index contributed by atoms with van der Waals surface area (Å²) in [5.41, 5.74) is 6.24. The van der Waals surface area contributed by atoms with E-state index in [1.807, 2.05) is 22.6 Å². The van der Waals surface area contributed by atoms with Gasteiger partial charge in [0.2, 0.25) is 0 Å². The van der Waals surface area contributed by atoms with Gasteiger partial charge in [0.25, 0.3) is 0 Å². The summed E-state index contributed by atoms with van der Waals surface area (Å²) in [7, 11) is 0. The van der Waals surface area contributed by atoms with E-state index in [4.69, 9.17) is 22.1 Å². The molecule has 108 valence electrons. The van der Waals surface area contributed by atoms with Gasteiger partial charge in [0.15, 0.2) is 11.9 Å². The molecule has 1 saturated heterocycles. The van der Waals surface area contributed by atoms with Crippen molar-refractivity contribution in [1.82, 2.24) is 19.7 Å². The molecule has 20 heavy (non-hydrogen) atoms. The summed E-state index contributed by atoms with van der Waals surface area (Å²) >= 11 is 7.70. The zero-order valence-electron chi connectivity index (χ0n) is 10.0. The molecule has 0 amide bonds. The Morgan fingerprint density at radius 1 is 1.40 bits per heavy atom. The molecule has 0 radical (unpaired) electrons. The normalized spacial score (nSPS) is 30.2. The van der Waals surface area contributed by atoms with E-state index in [1.165, 1.54) is 11.0 Å². The van der Waals surface area contributed by atoms with E-state index in [0.717, 1.165) is 0 Å². The van der Waals surface area contributed by atoms with Crippen molar-refractivity contribution < 1.29 is 14.9 Å². The van der Waals surface area contributed by atoms with Gasteiger partial charge < -0.3 is 20.7 Å². The summed E-state index contributed by atoms with van der Waals surface area (Å²) in [6.07, 6.45) is -2.44. The van der Waals surface area contributed by atoms with Crippen LogP contribution in [-0.4, -0.2) is 54.2 Å². The summed E-state index contributed by atoms with van der Waals surface area (Å²) in [6.45, 7) is 0. The molecule has 8 nitrogen and oxygen atoms in total. The van der Waals surface area contributed by atoms with Crippen molar-refractivity contribution >= 4 is 51.0 Å². The SMILES string of the molecule is Nc1ncnc2c1c(I)nn2[C@@H]1O[C@H](CCl)[C@@H](O)[C@H]1O. The lowest BCUT2D eigenvalue weighted by molar-refractivity contribution is -0.0366. The van der Waals surface area contributed by atoms with Gasteiger partial charge in [-0.1, -0.05) is 0 Å². The first-order chi connectivity index (χ1) is 9.54. The largest absolute Gasteiger partial charge is 0.387 e. The lowest BCUT2D eigenvalue weighted by Crippen LogP contribution is -2.32. The predicted octanol–water partition coefficient (Wildman–Crippen LogP) is -0.129. The van der Waals surface area contributed by atoms with E-state index in [-0.39, 0.29) is 5.88 Å². The van der Waals surface area contributed by atoms with E-state index >= 15 is 0 Å². The van der Waals surface area contributed by atoms with Crippen LogP contribution >= 0.6 is 34.2 Å². The van der Waals surface area contributed by atoms with E-state index < -0.39 is 24.5 Å². The number of aromatic nitrogens is 4. The van der Waals surface area contributed by atoms with E-state index in [1.54, 1.807) is 0 Å². The molecule has 0 unspecified atom stereocenters. The third-order valence-electron chi connectivity index (χ3n) is 3.21. The predicted molar refractivity (Wildman–Crippen MR) is 79.1 cm³/mol. The van der Waals surface area contributed by atoms with Gasteiger partial charge in [-0.3, -0.25) is 0 Å². The van der Waals surface area contributed by atoms with Crippen LogP contribution in [0.2, 0.25) is 0 Å². The van der Waals surface area contributed by atoms with Crippen LogP contribution in [0.5, 0.6) is 0 Å². The van der Waals surface area contributed by atoms with Crippen molar-refractivity contribution in [3.8, 4) is 0 Å². The third-order valence-corrected chi connectivity index (χ3v) is 4.27. The number of nitrogens with two attached hydrogens (primary N) is 1. The molecule has 0 saturated carbocycles. The minimum atomic E-state index is -1.14. The molecule has 2 aromatic rings. The molecule has 0 bridgehead atoms. The van der Waals surface area contributed by atoms with Crippen LogP contribution in [0.3, 0.4) is 0 Å². The summed E-state index contributed by atoms with van der Waals surface area (Å²) in [6, 6.07) is 0. The molecule has 3 heterocycles. The third kappa shape index (κ3) is 2.04. The first kappa shape index (κ1) is 14.2. The number of nitrogens with zero attached hydrogens (tertiary/aromatic N) is 4. The highest BCUT2D eigenvalue weighted by atomic mass is 127. The number of nitrogen functional groups attached to an aromatic ring is 1. The van der Waals surface area contributed by atoms with Crippen molar-refractivity contribution in [3.05, 3.63) is 10.0 Å². The first-order valence-electron chi connectivity index (χ1n) is 5.76. The van der Waals surface area contributed by atoms with E-state index in [0.29, 0.717) is 20.6 Å². The number of alkyl halides is 1. The van der Waals surface area contributed by atoms with Gasteiger partial charge in [0.1, 0.15) is 34.2 Å². The topological polar surface area (TPSA) is 119 Å². The van der Waals surface area contributed by atoms with Gasteiger partial charge in [-0.05, 0) is 22.6 Å². The number of ether oxygens (including phenoxy) is 1. The van der Waals surface area contributed by atoms with Crippen LogP contribution in [0.1, 0.15) is 6.23 Å². The lowest BCUT2D eigenvalue weighted by atomic mass is 10.1. The minimum Gasteiger partial charge on any atom is -0.387 e. The molecular weight excluding hydrogens is 400 g/mol. The zero-order chi connectivity index (χ0) is 14.4. The number of fused-ring (bicyclic) bond motifs is 1. The van der Waals surface area contributed by atoms with Gasteiger partial charge >= 0.3 is 0 Å². The van der Waals surface area contributed by atoms with Crippen LogP contribution in [0.25, 0.3) is 11.0 Å². The molecule has 0 aromatic carbocycles. The zero-order valence-corrected chi connectivity index (χ0v) is 12.9. The number of aliphatic hydroxyl groups excluding tert-OH is 2. The van der Waals surface area contributed by atoms with Gasteiger partial charge in [-0.25, -0.2) is 14.6 Å². The lowest BCUT2D eigenvalue weighted by Gasteiger charge is -2.15.